The summed E-state index contributed by atoms with van der Waals surface area (Å²) < 4.78 is 13.6. The number of carbonyl (C=O) groups excluding carboxylic acids is 2. The van der Waals surface area contributed by atoms with E-state index in [0.717, 1.165) is 0 Å². The van der Waals surface area contributed by atoms with Crippen LogP contribution < -0.4 is 0 Å². The Morgan fingerprint density at radius 3 is 2.42 bits per heavy atom. The number of hydrogen-bond acceptors (Lipinski definition) is 2. The molecule has 1 fully saturated rings. The van der Waals surface area contributed by atoms with Gasteiger partial charge in [0, 0.05) is 45.0 Å². The van der Waals surface area contributed by atoms with E-state index in [2.05, 4.69) is 4.98 Å². The van der Waals surface area contributed by atoms with Crippen molar-refractivity contribution in [1.29, 1.82) is 0 Å². The first kappa shape index (κ1) is 16.2. The fraction of sp³-hybridized carbons (Fsp3) is 0.333. The SMILES string of the molecule is O=C(CCc1ccccc1F)N1CCN(C(=O)c2cc[nH]c2)CC1. The van der Waals surface area contributed by atoms with Crippen LogP contribution in [-0.2, 0) is 11.2 Å². The first-order valence-corrected chi connectivity index (χ1v) is 8.08. The minimum Gasteiger partial charge on any atom is -0.367 e. The second-order valence-corrected chi connectivity index (χ2v) is 5.86. The summed E-state index contributed by atoms with van der Waals surface area (Å²) in [5.74, 6) is -0.283. The number of piperazine rings is 1. The molecular formula is C18H20FN3O2. The van der Waals surface area contributed by atoms with Crippen LogP contribution in [0.25, 0.3) is 0 Å². The van der Waals surface area contributed by atoms with Crippen molar-refractivity contribution < 1.29 is 14.0 Å². The van der Waals surface area contributed by atoms with E-state index in [4.69, 9.17) is 0 Å². The zero-order valence-corrected chi connectivity index (χ0v) is 13.4. The molecule has 2 heterocycles. The van der Waals surface area contributed by atoms with E-state index in [1.807, 2.05) is 0 Å². The second-order valence-electron chi connectivity index (χ2n) is 5.86. The Morgan fingerprint density at radius 1 is 1.04 bits per heavy atom. The van der Waals surface area contributed by atoms with Crippen molar-refractivity contribution in [2.75, 3.05) is 26.2 Å². The molecule has 1 aliphatic heterocycles. The van der Waals surface area contributed by atoms with Crippen LogP contribution in [0.15, 0.2) is 42.7 Å². The zero-order chi connectivity index (χ0) is 16.9. The van der Waals surface area contributed by atoms with E-state index < -0.39 is 0 Å². The van der Waals surface area contributed by atoms with Gasteiger partial charge in [-0.2, -0.15) is 0 Å². The van der Waals surface area contributed by atoms with Gasteiger partial charge in [-0.1, -0.05) is 18.2 Å². The summed E-state index contributed by atoms with van der Waals surface area (Å²) in [4.78, 5) is 30.9. The molecule has 0 unspecified atom stereocenters. The summed E-state index contributed by atoms with van der Waals surface area (Å²) in [5.41, 5.74) is 1.20. The number of benzene rings is 1. The van der Waals surface area contributed by atoms with Crippen LogP contribution in [0.5, 0.6) is 0 Å². The Labute approximate surface area is 140 Å². The van der Waals surface area contributed by atoms with Crippen molar-refractivity contribution in [3.8, 4) is 0 Å². The highest BCUT2D eigenvalue weighted by Gasteiger charge is 2.24. The number of hydrogen-bond donors (Lipinski definition) is 1. The molecule has 6 heteroatoms. The van der Waals surface area contributed by atoms with Gasteiger partial charge in [0.2, 0.25) is 5.91 Å². The highest BCUT2D eigenvalue weighted by atomic mass is 19.1. The topological polar surface area (TPSA) is 56.4 Å². The Hall–Kier alpha value is -2.63. The zero-order valence-electron chi connectivity index (χ0n) is 13.4. The van der Waals surface area contributed by atoms with Crippen molar-refractivity contribution in [3.05, 3.63) is 59.7 Å². The van der Waals surface area contributed by atoms with Crippen molar-refractivity contribution in [2.45, 2.75) is 12.8 Å². The molecule has 1 saturated heterocycles. The molecule has 0 radical (unpaired) electrons. The molecule has 1 aromatic carbocycles. The van der Waals surface area contributed by atoms with Gasteiger partial charge in [-0.25, -0.2) is 4.39 Å². The van der Waals surface area contributed by atoms with E-state index >= 15 is 0 Å². The molecule has 1 aromatic heterocycles. The van der Waals surface area contributed by atoms with Gasteiger partial charge in [0.25, 0.3) is 5.91 Å². The summed E-state index contributed by atoms with van der Waals surface area (Å²) in [6, 6.07) is 8.27. The molecule has 3 rings (SSSR count). The Balaban J connectivity index is 1.48. The Kier molecular flexibility index (Phi) is 4.93. The number of aryl methyl sites for hydroxylation is 1. The third kappa shape index (κ3) is 3.64. The molecule has 5 nitrogen and oxygen atoms in total. The van der Waals surface area contributed by atoms with E-state index in [1.54, 1.807) is 46.5 Å². The summed E-state index contributed by atoms with van der Waals surface area (Å²) in [6.07, 6.45) is 4.07. The lowest BCUT2D eigenvalue weighted by Gasteiger charge is -2.34. The maximum absolute atomic E-state index is 13.6. The molecule has 126 valence electrons. The number of rotatable bonds is 4. The van der Waals surface area contributed by atoms with Gasteiger partial charge in [0.05, 0.1) is 5.56 Å². The fourth-order valence-electron chi connectivity index (χ4n) is 2.90. The van der Waals surface area contributed by atoms with Crippen LogP contribution >= 0.6 is 0 Å². The Morgan fingerprint density at radius 2 is 1.75 bits per heavy atom. The van der Waals surface area contributed by atoms with Crippen LogP contribution in [0.3, 0.4) is 0 Å². The van der Waals surface area contributed by atoms with Gasteiger partial charge in [0.1, 0.15) is 5.82 Å². The molecule has 0 atom stereocenters. The smallest absolute Gasteiger partial charge is 0.255 e. The number of H-pyrrole nitrogens is 1. The summed E-state index contributed by atoms with van der Waals surface area (Å²) in [6.45, 7) is 2.09. The summed E-state index contributed by atoms with van der Waals surface area (Å²) in [5, 5.41) is 0. The summed E-state index contributed by atoms with van der Waals surface area (Å²) >= 11 is 0. The van der Waals surface area contributed by atoms with Crippen LogP contribution in [0, 0.1) is 5.82 Å². The predicted octanol–water partition coefficient (Wildman–Crippen LogP) is 2.07. The predicted molar refractivity (Wildman–Crippen MR) is 88.0 cm³/mol. The standard InChI is InChI=1S/C18H20FN3O2/c19-16-4-2-1-3-14(16)5-6-17(23)21-9-11-22(12-10-21)18(24)15-7-8-20-13-15/h1-4,7-8,13,20H,5-6,9-12H2. The number of halogens is 1. The second kappa shape index (κ2) is 7.29. The largest absolute Gasteiger partial charge is 0.367 e. The molecule has 2 amide bonds. The third-order valence-corrected chi connectivity index (χ3v) is 4.33. The maximum Gasteiger partial charge on any atom is 0.255 e. The minimum absolute atomic E-state index is 0.00648. The average molecular weight is 329 g/mol. The molecule has 0 saturated carbocycles. The lowest BCUT2D eigenvalue weighted by Crippen LogP contribution is -2.50. The van der Waals surface area contributed by atoms with E-state index in [-0.39, 0.29) is 24.1 Å². The molecular weight excluding hydrogens is 309 g/mol. The minimum atomic E-state index is -0.271. The van der Waals surface area contributed by atoms with Crippen LogP contribution in [0.2, 0.25) is 0 Å². The Bertz CT molecular complexity index is 707. The van der Waals surface area contributed by atoms with Crippen molar-refractivity contribution in [3.63, 3.8) is 0 Å². The van der Waals surface area contributed by atoms with Crippen LogP contribution in [0.4, 0.5) is 4.39 Å². The van der Waals surface area contributed by atoms with E-state index in [9.17, 15) is 14.0 Å². The van der Waals surface area contributed by atoms with Crippen molar-refractivity contribution >= 4 is 11.8 Å². The van der Waals surface area contributed by atoms with Gasteiger partial charge in [-0.15, -0.1) is 0 Å². The first-order valence-electron chi connectivity index (χ1n) is 8.08. The third-order valence-electron chi connectivity index (χ3n) is 4.33. The van der Waals surface area contributed by atoms with E-state index in [1.165, 1.54) is 6.07 Å². The van der Waals surface area contributed by atoms with Gasteiger partial charge in [-0.05, 0) is 24.1 Å². The first-order chi connectivity index (χ1) is 11.6. The lowest BCUT2D eigenvalue weighted by atomic mass is 10.1. The van der Waals surface area contributed by atoms with Crippen LogP contribution in [-0.4, -0.2) is 52.8 Å². The number of aromatic amines is 1. The monoisotopic (exact) mass is 329 g/mol. The maximum atomic E-state index is 13.6. The highest BCUT2D eigenvalue weighted by Crippen LogP contribution is 2.12. The molecule has 0 aliphatic carbocycles. The number of nitrogens with one attached hydrogen (secondary N) is 1. The van der Waals surface area contributed by atoms with E-state index in [0.29, 0.717) is 43.7 Å². The highest BCUT2D eigenvalue weighted by molar-refractivity contribution is 5.94. The number of amides is 2. The van der Waals surface area contributed by atoms with Gasteiger partial charge in [0.15, 0.2) is 0 Å². The molecule has 1 aliphatic rings. The quantitative estimate of drug-likeness (QED) is 0.934. The molecule has 1 N–H and O–H groups in total. The van der Waals surface area contributed by atoms with Crippen molar-refractivity contribution in [1.82, 2.24) is 14.8 Å². The molecule has 24 heavy (non-hydrogen) atoms. The van der Waals surface area contributed by atoms with Gasteiger partial charge < -0.3 is 14.8 Å². The van der Waals surface area contributed by atoms with Gasteiger partial charge >= 0.3 is 0 Å². The summed E-state index contributed by atoms with van der Waals surface area (Å²) in [7, 11) is 0. The lowest BCUT2D eigenvalue weighted by molar-refractivity contribution is -0.132. The molecule has 2 aromatic rings. The fourth-order valence-corrected chi connectivity index (χ4v) is 2.90. The van der Waals surface area contributed by atoms with Gasteiger partial charge in [-0.3, -0.25) is 9.59 Å². The number of nitrogens with zero attached hydrogens (tertiary/aromatic N) is 2. The molecule has 0 bridgehead atoms. The number of carbonyl (C=O) groups is 2. The number of aromatic nitrogens is 1. The van der Waals surface area contributed by atoms with Crippen molar-refractivity contribution in [2.24, 2.45) is 0 Å². The normalized spacial score (nSPS) is 14.7. The van der Waals surface area contributed by atoms with Crippen LogP contribution in [0.1, 0.15) is 22.3 Å². The average Bonchev–Trinajstić information content (AvgIpc) is 3.15. The molecule has 0 spiro atoms.